The quantitative estimate of drug-likeness (QED) is 0.826. The minimum absolute atomic E-state index is 0.112. The Labute approximate surface area is 164 Å². The Morgan fingerprint density at radius 1 is 1.25 bits per heavy atom. The number of aryl methyl sites for hydroxylation is 1. The molecule has 0 spiro atoms. The van der Waals surface area contributed by atoms with Crippen LogP contribution >= 0.6 is 0 Å². The molecule has 0 bridgehead atoms. The Morgan fingerprint density at radius 3 is 2.64 bits per heavy atom. The molecule has 8 nitrogen and oxygen atoms in total. The normalized spacial score (nSPS) is 15.2. The number of nitrogens with zero attached hydrogens (tertiary/aromatic N) is 4. The molecule has 1 amide bonds. The summed E-state index contributed by atoms with van der Waals surface area (Å²) < 4.78 is 29.0. The molecule has 0 saturated carbocycles. The van der Waals surface area contributed by atoms with E-state index in [0.29, 0.717) is 35.7 Å². The Kier molecular flexibility index (Phi) is 5.82. The fourth-order valence-corrected chi connectivity index (χ4v) is 5.34. The molecule has 1 saturated heterocycles. The van der Waals surface area contributed by atoms with Gasteiger partial charge in [0.15, 0.2) is 0 Å². The van der Waals surface area contributed by atoms with Crippen molar-refractivity contribution >= 4 is 21.6 Å². The van der Waals surface area contributed by atoms with Gasteiger partial charge in [-0.1, -0.05) is 12.5 Å². The van der Waals surface area contributed by atoms with E-state index in [1.165, 1.54) is 8.99 Å². The fraction of sp³-hybridized carbons (Fsp3) is 0.421. The van der Waals surface area contributed by atoms with Crippen LogP contribution in [0.4, 0.5) is 5.69 Å². The van der Waals surface area contributed by atoms with Crippen molar-refractivity contribution in [1.82, 2.24) is 14.1 Å². The first kappa shape index (κ1) is 20.0. The molecular weight excluding hydrogens is 378 g/mol. The topological polar surface area (TPSA) is 108 Å². The van der Waals surface area contributed by atoms with Gasteiger partial charge in [0.2, 0.25) is 15.9 Å². The Balaban J connectivity index is 1.79. The zero-order valence-corrected chi connectivity index (χ0v) is 16.8. The smallest absolute Gasteiger partial charge is 0.246 e. The third-order valence-electron chi connectivity index (χ3n) is 4.80. The number of anilines is 1. The molecule has 2 aromatic rings. The van der Waals surface area contributed by atoms with E-state index >= 15 is 0 Å². The first-order chi connectivity index (χ1) is 13.3. The molecular formula is C19H23N5O3S. The molecule has 1 aliphatic heterocycles. The van der Waals surface area contributed by atoms with Crippen molar-refractivity contribution in [2.45, 2.75) is 44.6 Å². The van der Waals surface area contributed by atoms with Crippen LogP contribution in [0.3, 0.4) is 0 Å². The van der Waals surface area contributed by atoms with Gasteiger partial charge in [-0.15, -0.1) is 0 Å². The summed E-state index contributed by atoms with van der Waals surface area (Å²) in [6.07, 6.45) is 2.75. The van der Waals surface area contributed by atoms with Gasteiger partial charge in [0.25, 0.3) is 0 Å². The Bertz CT molecular complexity index is 1030. The average molecular weight is 401 g/mol. The van der Waals surface area contributed by atoms with Crippen molar-refractivity contribution in [2.24, 2.45) is 0 Å². The second-order valence-corrected chi connectivity index (χ2v) is 8.74. The minimum Gasteiger partial charge on any atom is -0.324 e. The average Bonchev–Trinajstić information content (AvgIpc) is 2.96. The van der Waals surface area contributed by atoms with E-state index in [4.69, 9.17) is 5.26 Å². The van der Waals surface area contributed by atoms with Crippen LogP contribution in [0.2, 0.25) is 0 Å². The molecule has 1 aromatic heterocycles. The van der Waals surface area contributed by atoms with Gasteiger partial charge < -0.3 is 5.32 Å². The van der Waals surface area contributed by atoms with Crippen LogP contribution in [-0.2, 0) is 21.4 Å². The second-order valence-electron chi connectivity index (χ2n) is 6.86. The number of rotatable bonds is 5. The molecule has 1 fully saturated rings. The van der Waals surface area contributed by atoms with Crippen LogP contribution in [0.15, 0.2) is 29.2 Å². The van der Waals surface area contributed by atoms with Crippen molar-refractivity contribution in [3.8, 4) is 6.07 Å². The number of nitriles is 1. The van der Waals surface area contributed by atoms with E-state index < -0.39 is 10.0 Å². The van der Waals surface area contributed by atoms with Gasteiger partial charge in [0.1, 0.15) is 11.4 Å². The summed E-state index contributed by atoms with van der Waals surface area (Å²) in [5.41, 5.74) is 1.79. The number of benzene rings is 1. The highest BCUT2D eigenvalue weighted by Crippen LogP contribution is 2.26. The van der Waals surface area contributed by atoms with Crippen molar-refractivity contribution in [3.63, 3.8) is 0 Å². The zero-order chi connectivity index (χ0) is 20.3. The standard InChI is InChI=1S/C19H23N5O3S/c1-14-19(28(26,27)23-9-4-3-5-10-23)15(2)24(22-14)13-18(25)21-17-8-6-7-16(11-17)12-20/h6-8,11H,3-5,9-10,13H2,1-2H3,(H,21,25). The lowest BCUT2D eigenvalue weighted by Crippen LogP contribution is -2.36. The van der Waals surface area contributed by atoms with Gasteiger partial charge >= 0.3 is 0 Å². The van der Waals surface area contributed by atoms with E-state index in [1.807, 2.05) is 6.07 Å². The Hall–Kier alpha value is -2.70. The van der Waals surface area contributed by atoms with Crippen LogP contribution in [-0.4, -0.2) is 41.5 Å². The SMILES string of the molecule is Cc1nn(CC(=O)Nc2cccc(C#N)c2)c(C)c1S(=O)(=O)N1CCCCC1. The highest BCUT2D eigenvalue weighted by Gasteiger charge is 2.32. The third-order valence-corrected chi connectivity index (χ3v) is 6.95. The lowest BCUT2D eigenvalue weighted by Gasteiger charge is -2.25. The van der Waals surface area contributed by atoms with Gasteiger partial charge in [-0.05, 0) is 44.9 Å². The molecule has 0 unspecified atom stereocenters. The zero-order valence-electron chi connectivity index (χ0n) is 16.0. The van der Waals surface area contributed by atoms with E-state index in [1.54, 1.807) is 38.1 Å². The molecule has 0 aliphatic carbocycles. The number of carbonyl (C=O) groups is 1. The summed E-state index contributed by atoms with van der Waals surface area (Å²) in [4.78, 5) is 12.6. The minimum atomic E-state index is -3.62. The first-order valence-electron chi connectivity index (χ1n) is 9.17. The largest absolute Gasteiger partial charge is 0.324 e. The van der Waals surface area contributed by atoms with Gasteiger partial charge in [-0.25, -0.2) is 8.42 Å². The van der Waals surface area contributed by atoms with Crippen molar-refractivity contribution in [1.29, 1.82) is 5.26 Å². The predicted octanol–water partition coefficient (Wildman–Crippen LogP) is 2.18. The van der Waals surface area contributed by atoms with Crippen molar-refractivity contribution in [2.75, 3.05) is 18.4 Å². The molecule has 0 radical (unpaired) electrons. The van der Waals surface area contributed by atoms with E-state index in [2.05, 4.69) is 10.4 Å². The van der Waals surface area contributed by atoms with Crippen LogP contribution in [0.25, 0.3) is 0 Å². The number of aromatic nitrogens is 2. The van der Waals surface area contributed by atoms with Crippen molar-refractivity contribution < 1.29 is 13.2 Å². The number of sulfonamides is 1. The van der Waals surface area contributed by atoms with Crippen LogP contribution in [0.5, 0.6) is 0 Å². The number of hydrogen-bond acceptors (Lipinski definition) is 5. The summed E-state index contributed by atoms with van der Waals surface area (Å²) >= 11 is 0. The maximum Gasteiger partial charge on any atom is 0.246 e. The lowest BCUT2D eigenvalue weighted by atomic mass is 10.2. The number of amides is 1. The van der Waals surface area contributed by atoms with Crippen LogP contribution in [0.1, 0.15) is 36.2 Å². The molecule has 28 heavy (non-hydrogen) atoms. The summed E-state index contributed by atoms with van der Waals surface area (Å²) in [6.45, 7) is 4.23. The molecule has 1 N–H and O–H groups in total. The monoisotopic (exact) mass is 401 g/mol. The predicted molar refractivity (Wildman–Crippen MR) is 104 cm³/mol. The number of piperidine rings is 1. The lowest BCUT2D eigenvalue weighted by molar-refractivity contribution is -0.116. The van der Waals surface area contributed by atoms with E-state index in [-0.39, 0.29) is 17.3 Å². The highest BCUT2D eigenvalue weighted by atomic mass is 32.2. The van der Waals surface area contributed by atoms with E-state index in [9.17, 15) is 13.2 Å². The third kappa shape index (κ3) is 4.08. The summed E-state index contributed by atoms with van der Waals surface area (Å²) in [5, 5.41) is 15.9. The van der Waals surface area contributed by atoms with Crippen LogP contribution < -0.4 is 5.32 Å². The maximum atomic E-state index is 13.0. The summed E-state index contributed by atoms with van der Waals surface area (Å²) in [6, 6.07) is 8.61. The number of carbonyl (C=O) groups excluding carboxylic acids is 1. The number of hydrogen-bond donors (Lipinski definition) is 1. The van der Waals surface area contributed by atoms with Gasteiger partial charge in [0.05, 0.1) is 23.0 Å². The van der Waals surface area contributed by atoms with Gasteiger partial charge in [0, 0.05) is 18.8 Å². The Morgan fingerprint density at radius 2 is 1.96 bits per heavy atom. The van der Waals surface area contributed by atoms with Gasteiger partial charge in [-0.3, -0.25) is 9.48 Å². The molecule has 1 aliphatic rings. The molecule has 9 heteroatoms. The highest BCUT2D eigenvalue weighted by molar-refractivity contribution is 7.89. The molecule has 2 heterocycles. The van der Waals surface area contributed by atoms with Crippen molar-refractivity contribution in [3.05, 3.63) is 41.2 Å². The summed E-state index contributed by atoms with van der Waals surface area (Å²) in [5.74, 6) is -0.345. The van der Waals surface area contributed by atoms with Crippen LogP contribution in [0, 0.1) is 25.2 Å². The fourth-order valence-electron chi connectivity index (χ4n) is 3.45. The second kappa shape index (κ2) is 8.12. The maximum absolute atomic E-state index is 13.0. The van der Waals surface area contributed by atoms with E-state index in [0.717, 1.165) is 19.3 Å². The van der Waals surface area contributed by atoms with Gasteiger partial charge in [-0.2, -0.15) is 14.7 Å². The molecule has 0 atom stereocenters. The molecule has 1 aromatic carbocycles. The number of nitrogens with one attached hydrogen (secondary N) is 1. The molecule has 148 valence electrons. The molecule has 3 rings (SSSR count). The summed E-state index contributed by atoms with van der Waals surface area (Å²) in [7, 11) is -3.62. The first-order valence-corrected chi connectivity index (χ1v) is 10.6.